The van der Waals surface area contributed by atoms with Crippen molar-refractivity contribution in [2.24, 2.45) is 5.92 Å². The molecule has 0 aliphatic carbocycles. The van der Waals surface area contributed by atoms with E-state index >= 15 is 0 Å². The van der Waals surface area contributed by atoms with E-state index in [1.54, 1.807) is 4.90 Å². The minimum atomic E-state index is -0.354. The number of carbonyl (C=O) groups excluding carboxylic acids is 2. The molecular weight excluding hydrogens is 307 g/mol. The lowest BCUT2D eigenvalue weighted by Crippen LogP contribution is -2.47. The molecule has 0 N–H and O–H groups in total. The average molecular weight is 334 g/mol. The molecule has 2 amide bonds. The maximum absolute atomic E-state index is 13.0. The zero-order valence-corrected chi connectivity index (χ0v) is 14.6. The Balaban J connectivity index is 2.03. The molecule has 5 heteroatoms. The molecular formula is C19H27FN2O2. The predicted octanol–water partition coefficient (Wildman–Crippen LogP) is 3.33. The fourth-order valence-corrected chi connectivity index (χ4v) is 3.27. The lowest BCUT2D eigenvalue weighted by molar-refractivity contribution is -0.137. The Kier molecular flexibility index (Phi) is 6.76. The number of rotatable bonds is 6. The van der Waals surface area contributed by atoms with Crippen LogP contribution in [0.5, 0.6) is 0 Å². The molecule has 0 aromatic heterocycles. The van der Waals surface area contributed by atoms with Gasteiger partial charge in [-0.2, -0.15) is 0 Å². The van der Waals surface area contributed by atoms with E-state index in [1.807, 2.05) is 4.90 Å². The van der Waals surface area contributed by atoms with Gasteiger partial charge in [0.05, 0.1) is 5.92 Å². The monoisotopic (exact) mass is 334 g/mol. The van der Waals surface area contributed by atoms with Crippen molar-refractivity contribution in [3.63, 3.8) is 0 Å². The van der Waals surface area contributed by atoms with E-state index in [0.29, 0.717) is 18.7 Å². The minimum Gasteiger partial charge on any atom is -0.342 e. The quantitative estimate of drug-likeness (QED) is 0.801. The van der Waals surface area contributed by atoms with Crippen LogP contribution in [0.25, 0.3) is 0 Å². The van der Waals surface area contributed by atoms with Crippen LogP contribution in [-0.4, -0.2) is 47.8 Å². The summed E-state index contributed by atoms with van der Waals surface area (Å²) in [6.45, 7) is 6.80. The van der Waals surface area contributed by atoms with Crippen LogP contribution < -0.4 is 0 Å². The third kappa shape index (κ3) is 4.56. The smallest absolute Gasteiger partial charge is 0.253 e. The molecule has 1 aromatic rings. The molecule has 0 bridgehead atoms. The molecule has 1 aliphatic rings. The highest BCUT2D eigenvalue weighted by Gasteiger charge is 2.31. The zero-order valence-electron chi connectivity index (χ0n) is 14.6. The standard InChI is InChI=1S/C19H27FN2O2/c1-3-11-21(12-4-2)19(24)16-6-5-13-22(14-16)18(23)15-7-9-17(20)10-8-15/h7-10,16H,3-6,11-14H2,1-2H3. The molecule has 0 saturated carbocycles. The third-order valence-corrected chi connectivity index (χ3v) is 4.45. The Labute approximate surface area is 143 Å². The van der Waals surface area contributed by atoms with Gasteiger partial charge in [0, 0.05) is 31.7 Å². The summed E-state index contributed by atoms with van der Waals surface area (Å²) >= 11 is 0. The molecule has 1 aromatic carbocycles. The van der Waals surface area contributed by atoms with Crippen LogP contribution in [0.1, 0.15) is 49.9 Å². The van der Waals surface area contributed by atoms with Gasteiger partial charge >= 0.3 is 0 Å². The van der Waals surface area contributed by atoms with E-state index in [-0.39, 0.29) is 23.5 Å². The normalized spacial score (nSPS) is 17.6. The summed E-state index contributed by atoms with van der Waals surface area (Å²) in [4.78, 5) is 29.0. The van der Waals surface area contributed by atoms with Gasteiger partial charge in [-0.25, -0.2) is 4.39 Å². The molecule has 1 unspecified atom stereocenters. The Hall–Kier alpha value is -1.91. The predicted molar refractivity (Wildman–Crippen MR) is 92.2 cm³/mol. The maximum Gasteiger partial charge on any atom is 0.253 e. The summed E-state index contributed by atoms with van der Waals surface area (Å²) in [7, 11) is 0. The maximum atomic E-state index is 13.0. The summed E-state index contributed by atoms with van der Waals surface area (Å²) in [5, 5.41) is 0. The van der Waals surface area contributed by atoms with Crippen molar-refractivity contribution in [2.45, 2.75) is 39.5 Å². The number of hydrogen-bond acceptors (Lipinski definition) is 2. The summed E-state index contributed by atoms with van der Waals surface area (Å²) in [6, 6.07) is 5.60. The second-order valence-corrected chi connectivity index (χ2v) is 6.42. The molecule has 0 spiro atoms. The van der Waals surface area contributed by atoms with Crippen LogP contribution in [0.15, 0.2) is 24.3 Å². The van der Waals surface area contributed by atoms with Crippen LogP contribution in [0.2, 0.25) is 0 Å². The molecule has 1 saturated heterocycles. The van der Waals surface area contributed by atoms with Crippen LogP contribution >= 0.6 is 0 Å². The number of carbonyl (C=O) groups is 2. The number of benzene rings is 1. The molecule has 24 heavy (non-hydrogen) atoms. The van der Waals surface area contributed by atoms with Crippen LogP contribution in [0.4, 0.5) is 4.39 Å². The summed E-state index contributed by atoms with van der Waals surface area (Å²) in [5.74, 6) is -0.436. The van der Waals surface area contributed by atoms with E-state index in [1.165, 1.54) is 24.3 Å². The van der Waals surface area contributed by atoms with E-state index in [0.717, 1.165) is 38.8 Å². The second-order valence-electron chi connectivity index (χ2n) is 6.42. The van der Waals surface area contributed by atoms with Crippen LogP contribution in [0.3, 0.4) is 0 Å². The van der Waals surface area contributed by atoms with E-state index in [9.17, 15) is 14.0 Å². The first-order chi connectivity index (χ1) is 11.6. The Bertz CT molecular complexity index is 553. The van der Waals surface area contributed by atoms with Gasteiger partial charge in [-0.3, -0.25) is 9.59 Å². The lowest BCUT2D eigenvalue weighted by atomic mass is 9.95. The van der Waals surface area contributed by atoms with Crippen molar-refractivity contribution in [3.05, 3.63) is 35.6 Å². The van der Waals surface area contributed by atoms with Gasteiger partial charge in [-0.1, -0.05) is 13.8 Å². The topological polar surface area (TPSA) is 40.6 Å². The van der Waals surface area contributed by atoms with Gasteiger partial charge in [0.1, 0.15) is 5.82 Å². The highest BCUT2D eigenvalue weighted by atomic mass is 19.1. The number of piperidine rings is 1. The first-order valence-electron chi connectivity index (χ1n) is 8.90. The van der Waals surface area contributed by atoms with Crippen molar-refractivity contribution >= 4 is 11.8 Å². The zero-order chi connectivity index (χ0) is 17.5. The number of halogens is 1. The molecule has 0 radical (unpaired) electrons. The van der Waals surface area contributed by atoms with Crippen molar-refractivity contribution in [3.8, 4) is 0 Å². The summed E-state index contributed by atoms with van der Waals surface area (Å²) < 4.78 is 13.0. The van der Waals surface area contributed by atoms with Gasteiger partial charge < -0.3 is 9.80 Å². The first-order valence-corrected chi connectivity index (χ1v) is 8.90. The molecule has 1 fully saturated rings. The number of nitrogens with zero attached hydrogens (tertiary/aromatic N) is 2. The van der Waals surface area contributed by atoms with Crippen molar-refractivity contribution in [1.82, 2.24) is 9.80 Å². The highest BCUT2D eigenvalue weighted by molar-refractivity contribution is 5.94. The highest BCUT2D eigenvalue weighted by Crippen LogP contribution is 2.21. The van der Waals surface area contributed by atoms with Gasteiger partial charge in [0.25, 0.3) is 5.91 Å². The Morgan fingerprint density at radius 1 is 1.17 bits per heavy atom. The van der Waals surface area contributed by atoms with Crippen molar-refractivity contribution < 1.29 is 14.0 Å². The molecule has 1 heterocycles. The third-order valence-electron chi connectivity index (χ3n) is 4.45. The van der Waals surface area contributed by atoms with Crippen LogP contribution in [-0.2, 0) is 4.79 Å². The summed E-state index contributed by atoms with van der Waals surface area (Å²) in [6.07, 6.45) is 3.54. The second kappa shape index (κ2) is 8.81. The van der Waals surface area contributed by atoms with E-state index in [4.69, 9.17) is 0 Å². The van der Waals surface area contributed by atoms with Gasteiger partial charge in [0.2, 0.25) is 5.91 Å². The average Bonchev–Trinajstić information content (AvgIpc) is 2.61. The lowest BCUT2D eigenvalue weighted by Gasteiger charge is -2.35. The fourth-order valence-electron chi connectivity index (χ4n) is 3.27. The molecule has 132 valence electrons. The van der Waals surface area contributed by atoms with Crippen molar-refractivity contribution in [1.29, 1.82) is 0 Å². The SMILES string of the molecule is CCCN(CCC)C(=O)C1CCCN(C(=O)c2ccc(F)cc2)C1. The van der Waals surface area contributed by atoms with E-state index < -0.39 is 0 Å². The van der Waals surface area contributed by atoms with Gasteiger partial charge in [0.15, 0.2) is 0 Å². The van der Waals surface area contributed by atoms with E-state index in [2.05, 4.69) is 13.8 Å². The number of likely N-dealkylation sites (tertiary alicyclic amines) is 1. The fraction of sp³-hybridized carbons (Fsp3) is 0.579. The largest absolute Gasteiger partial charge is 0.342 e. The molecule has 4 nitrogen and oxygen atoms in total. The van der Waals surface area contributed by atoms with Crippen LogP contribution in [0, 0.1) is 11.7 Å². The first kappa shape index (κ1) is 18.4. The Morgan fingerprint density at radius 2 is 1.79 bits per heavy atom. The Morgan fingerprint density at radius 3 is 2.38 bits per heavy atom. The van der Waals surface area contributed by atoms with Gasteiger partial charge in [-0.15, -0.1) is 0 Å². The molecule has 1 atom stereocenters. The number of amides is 2. The van der Waals surface area contributed by atoms with Crippen molar-refractivity contribution in [2.75, 3.05) is 26.2 Å². The number of hydrogen-bond donors (Lipinski definition) is 0. The minimum absolute atomic E-state index is 0.120. The molecule has 1 aliphatic heterocycles. The summed E-state index contributed by atoms with van der Waals surface area (Å²) in [5.41, 5.74) is 0.475. The van der Waals surface area contributed by atoms with Gasteiger partial charge in [-0.05, 0) is 49.9 Å². The molecule has 2 rings (SSSR count).